The number of carboxylic acids is 1. The number of aliphatic carboxylic acids is 1. The molecule has 1 atom stereocenters. The van der Waals surface area contributed by atoms with Crippen molar-refractivity contribution in [3.63, 3.8) is 0 Å². The largest absolute Gasteiger partial charge is 0.480 e. The van der Waals surface area contributed by atoms with Gasteiger partial charge in [-0.15, -0.1) is 11.8 Å². The SMILES string of the molecule is CCCNC(C)(CCSc1ccc(Cl)cc1)C(=O)O. The maximum atomic E-state index is 11.3. The first-order valence-electron chi connectivity index (χ1n) is 6.35. The van der Waals surface area contributed by atoms with Crippen molar-refractivity contribution in [2.24, 2.45) is 0 Å². The summed E-state index contributed by atoms with van der Waals surface area (Å²) in [7, 11) is 0. The summed E-state index contributed by atoms with van der Waals surface area (Å²) in [5.41, 5.74) is -0.852. The highest BCUT2D eigenvalue weighted by Crippen LogP contribution is 2.23. The molecule has 0 aromatic heterocycles. The summed E-state index contributed by atoms with van der Waals surface area (Å²) in [5, 5.41) is 13.1. The van der Waals surface area contributed by atoms with E-state index in [1.807, 2.05) is 31.2 Å². The third-order valence-electron chi connectivity index (χ3n) is 2.92. The van der Waals surface area contributed by atoms with Gasteiger partial charge < -0.3 is 10.4 Å². The van der Waals surface area contributed by atoms with Gasteiger partial charge in [-0.25, -0.2) is 0 Å². The lowest BCUT2D eigenvalue weighted by atomic mass is 9.99. The molecule has 0 spiro atoms. The number of benzene rings is 1. The molecule has 1 aromatic carbocycles. The highest BCUT2D eigenvalue weighted by Gasteiger charge is 2.31. The number of thioether (sulfide) groups is 1. The van der Waals surface area contributed by atoms with Gasteiger partial charge in [-0.1, -0.05) is 18.5 Å². The molecule has 0 fully saturated rings. The number of nitrogens with one attached hydrogen (secondary N) is 1. The molecule has 3 nitrogen and oxygen atoms in total. The zero-order valence-electron chi connectivity index (χ0n) is 11.3. The van der Waals surface area contributed by atoms with Gasteiger partial charge in [0.2, 0.25) is 0 Å². The van der Waals surface area contributed by atoms with Crippen LogP contribution in [-0.2, 0) is 4.79 Å². The molecule has 106 valence electrons. The summed E-state index contributed by atoms with van der Waals surface area (Å²) >= 11 is 7.46. The van der Waals surface area contributed by atoms with Crippen LogP contribution < -0.4 is 5.32 Å². The smallest absolute Gasteiger partial charge is 0.323 e. The molecule has 0 saturated carbocycles. The minimum absolute atomic E-state index is 0.579. The summed E-state index contributed by atoms with van der Waals surface area (Å²) < 4.78 is 0. The first-order valence-corrected chi connectivity index (χ1v) is 7.71. The van der Waals surface area contributed by atoms with Gasteiger partial charge in [0.15, 0.2) is 0 Å². The third kappa shape index (κ3) is 5.43. The van der Waals surface area contributed by atoms with Crippen molar-refractivity contribution in [1.29, 1.82) is 0 Å². The summed E-state index contributed by atoms with van der Waals surface area (Å²) in [6, 6.07) is 7.58. The lowest BCUT2D eigenvalue weighted by Gasteiger charge is -2.26. The zero-order chi connectivity index (χ0) is 14.3. The Labute approximate surface area is 123 Å². The molecular weight excluding hydrogens is 282 g/mol. The summed E-state index contributed by atoms with van der Waals surface area (Å²) in [5.74, 6) is -0.0427. The highest BCUT2D eigenvalue weighted by molar-refractivity contribution is 7.99. The molecule has 5 heteroatoms. The van der Waals surface area contributed by atoms with E-state index in [0.717, 1.165) is 17.1 Å². The Balaban J connectivity index is 2.48. The number of carboxylic acid groups (broad SMARTS) is 1. The number of carbonyl (C=O) groups is 1. The van der Waals surface area contributed by atoms with Crippen LogP contribution in [-0.4, -0.2) is 28.9 Å². The monoisotopic (exact) mass is 301 g/mol. The van der Waals surface area contributed by atoms with E-state index in [0.29, 0.717) is 18.0 Å². The fourth-order valence-electron chi connectivity index (χ4n) is 1.58. The molecule has 0 aliphatic rings. The van der Waals surface area contributed by atoms with E-state index in [1.54, 1.807) is 18.7 Å². The first kappa shape index (κ1) is 16.3. The fraction of sp³-hybridized carbons (Fsp3) is 0.500. The quantitative estimate of drug-likeness (QED) is 0.719. The maximum Gasteiger partial charge on any atom is 0.323 e. The van der Waals surface area contributed by atoms with Gasteiger partial charge in [0.05, 0.1) is 0 Å². The van der Waals surface area contributed by atoms with E-state index < -0.39 is 11.5 Å². The summed E-state index contributed by atoms with van der Waals surface area (Å²) in [6.07, 6.45) is 1.50. The van der Waals surface area contributed by atoms with Crippen LogP contribution in [0.5, 0.6) is 0 Å². The second kappa shape index (κ2) is 7.78. The Morgan fingerprint density at radius 3 is 2.58 bits per heavy atom. The van der Waals surface area contributed by atoms with Crippen molar-refractivity contribution in [3.05, 3.63) is 29.3 Å². The van der Waals surface area contributed by atoms with Gasteiger partial charge in [-0.3, -0.25) is 4.79 Å². The van der Waals surface area contributed by atoms with E-state index in [9.17, 15) is 9.90 Å². The van der Waals surface area contributed by atoms with Crippen LogP contribution in [0.1, 0.15) is 26.7 Å². The second-order valence-electron chi connectivity index (χ2n) is 4.62. The van der Waals surface area contributed by atoms with Crippen LogP contribution in [0.15, 0.2) is 29.2 Å². The normalized spacial score (nSPS) is 14.1. The second-order valence-corrected chi connectivity index (χ2v) is 6.22. The van der Waals surface area contributed by atoms with Gasteiger partial charge in [0, 0.05) is 15.7 Å². The number of halogens is 1. The molecule has 1 aromatic rings. The third-order valence-corrected chi connectivity index (χ3v) is 4.19. The van der Waals surface area contributed by atoms with Gasteiger partial charge in [0.25, 0.3) is 0 Å². The van der Waals surface area contributed by atoms with Crippen LogP contribution in [0, 0.1) is 0 Å². The molecule has 0 aliphatic carbocycles. The van der Waals surface area contributed by atoms with Crippen LogP contribution in [0.25, 0.3) is 0 Å². The van der Waals surface area contributed by atoms with Gasteiger partial charge in [-0.2, -0.15) is 0 Å². The van der Waals surface area contributed by atoms with Crippen LogP contribution in [0.3, 0.4) is 0 Å². The van der Waals surface area contributed by atoms with Crippen molar-refractivity contribution in [1.82, 2.24) is 5.32 Å². The molecular formula is C14H20ClNO2S. The molecule has 0 amide bonds. The Hall–Kier alpha value is -0.710. The average Bonchev–Trinajstić information content (AvgIpc) is 2.38. The van der Waals surface area contributed by atoms with Crippen molar-refractivity contribution in [2.75, 3.05) is 12.3 Å². The molecule has 2 N–H and O–H groups in total. The first-order chi connectivity index (χ1) is 8.98. The van der Waals surface area contributed by atoms with Crippen LogP contribution >= 0.6 is 23.4 Å². The standard InChI is InChI=1S/C14H20ClNO2S/c1-3-9-16-14(2,13(17)18)8-10-19-12-6-4-11(15)5-7-12/h4-7,16H,3,8-10H2,1-2H3,(H,17,18). The molecule has 0 aliphatic heterocycles. The zero-order valence-corrected chi connectivity index (χ0v) is 12.9. The molecule has 0 bridgehead atoms. The number of rotatable bonds is 8. The van der Waals surface area contributed by atoms with E-state index in [4.69, 9.17) is 11.6 Å². The minimum Gasteiger partial charge on any atom is -0.480 e. The summed E-state index contributed by atoms with van der Waals surface area (Å²) in [4.78, 5) is 12.4. The average molecular weight is 302 g/mol. The molecule has 1 rings (SSSR count). The van der Waals surface area contributed by atoms with E-state index in [1.165, 1.54) is 0 Å². The van der Waals surface area contributed by atoms with Crippen molar-refractivity contribution in [3.8, 4) is 0 Å². The summed E-state index contributed by atoms with van der Waals surface area (Å²) in [6.45, 7) is 4.49. The van der Waals surface area contributed by atoms with Crippen molar-refractivity contribution >= 4 is 29.3 Å². The van der Waals surface area contributed by atoms with Gasteiger partial charge in [-0.05, 0) is 50.6 Å². The Morgan fingerprint density at radius 2 is 2.05 bits per heavy atom. The lowest BCUT2D eigenvalue weighted by molar-refractivity contribution is -0.144. The minimum atomic E-state index is -0.852. The lowest BCUT2D eigenvalue weighted by Crippen LogP contribution is -2.50. The van der Waals surface area contributed by atoms with Gasteiger partial charge >= 0.3 is 5.97 Å². The maximum absolute atomic E-state index is 11.3. The van der Waals surface area contributed by atoms with E-state index in [2.05, 4.69) is 5.32 Å². The fourth-order valence-corrected chi connectivity index (χ4v) is 2.78. The van der Waals surface area contributed by atoms with Crippen LogP contribution in [0.4, 0.5) is 0 Å². The molecule has 0 heterocycles. The molecule has 19 heavy (non-hydrogen) atoms. The topological polar surface area (TPSA) is 49.3 Å². The van der Waals surface area contributed by atoms with E-state index in [-0.39, 0.29) is 0 Å². The molecule has 0 radical (unpaired) electrons. The van der Waals surface area contributed by atoms with Crippen molar-refractivity contribution < 1.29 is 9.90 Å². The predicted octanol–water partition coefficient (Wildman–Crippen LogP) is 3.67. The Bertz CT molecular complexity index is 410. The van der Waals surface area contributed by atoms with Gasteiger partial charge in [0.1, 0.15) is 5.54 Å². The Morgan fingerprint density at radius 1 is 1.42 bits per heavy atom. The molecule has 0 saturated heterocycles. The Kier molecular flexibility index (Phi) is 6.69. The van der Waals surface area contributed by atoms with E-state index >= 15 is 0 Å². The number of hydrogen-bond acceptors (Lipinski definition) is 3. The predicted molar refractivity (Wildman–Crippen MR) is 81.1 cm³/mol. The van der Waals surface area contributed by atoms with Crippen molar-refractivity contribution in [2.45, 2.75) is 37.1 Å². The number of hydrogen-bond donors (Lipinski definition) is 2. The van der Waals surface area contributed by atoms with Crippen LogP contribution in [0.2, 0.25) is 5.02 Å². The molecule has 1 unspecified atom stereocenters. The highest BCUT2D eigenvalue weighted by atomic mass is 35.5.